The van der Waals surface area contributed by atoms with E-state index in [4.69, 9.17) is 22.1 Å². The van der Waals surface area contributed by atoms with Gasteiger partial charge in [-0.15, -0.1) is 0 Å². The summed E-state index contributed by atoms with van der Waals surface area (Å²) in [5.74, 6) is -0.928. The Morgan fingerprint density at radius 2 is 1.92 bits per heavy atom. The maximum absolute atomic E-state index is 12.9. The van der Waals surface area contributed by atoms with Crippen LogP contribution in [0, 0.1) is 0 Å². The van der Waals surface area contributed by atoms with E-state index in [1.807, 2.05) is 30.3 Å². The highest BCUT2D eigenvalue weighted by molar-refractivity contribution is 6.31. The van der Waals surface area contributed by atoms with Crippen molar-refractivity contribution in [3.05, 3.63) is 58.9 Å². The fourth-order valence-corrected chi connectivity index (χ4v) is 2.71. The lowest BCUT2D eigenvalue weighted by atomic mass is 10.1. The third-order valence-corrected chi connectivity index (χ3v) is 3.87. The van der Waals surface area contributed by atoms with Gasteiger partial charge in [0.15, 0.2) is 0 Å². The van der Waals surface area contributed by atoms with E-state index in [0.29, 0.717) is 6.42 Å². The molecule has 1 heterocycles. The zero-order valence-electron chi connectivity index (χ0n) is 13.0. The Labute approximate surface area is 146 Å². The minimum Gasteiger partial charge on any atom is -0.486 e. The molecule has 2 aromatic carbocycles. The van der Waals surface area contributed by atoms with Crippen LogP contribution in [-0.2, 0) is 12.6 Å². The second-order valence-electron chi connectivity index (χ2n) is 5.55. The number of benzene rings is 2. The molecule has 0 aliphatic carbocycles. The maximum Gasteiger partial charge on any atom is 0.449 e. The maximum atomic E-state index is 12.9. The summed E-state index contributed by atoms with van der Waals surface area (Å²) < 4.78 is 44.5. The number of H-pyrrole nitrogens is 1. The zero-order chi connectivity index (χ0) is 18.0. The Hall–Kier alpha value is -2.25. The molecular weight excluding hydrogens is 355 g/mol. The van der Waals surface area contributed by atoms with Crippen molar-refractivity contribution in [1.29, 1.82) is 0 Å². The Morgan fingerprint density at radius 3 is 2.56 bits per heavy atom. The Morgan fingerprint density at radius 1 is 1.20 bits per heavy atom. The molecule has 1 aromatic heterocycles. The number of aromatic nitrogens is 2. The third-order valence-electron chi connectivity index (χ3n) is 3.65. The predicted molar refractivity (Wildman–Crippen MR) is 89.7 cm³/mol. The van der Waals surface area contributed by atoms with Gasteiger partial charge in [0.25, 0.3) is 0 Å². The first-order chi connectivity index (χ1) is 11.9. The summed E-state index contributed by atoms with van der Waals surface area (Å²) in [6, 6.07) is 12.4. The first kappa shape index (κ1) is 17.6. The number of halogens is 4. The lowest BCUT2D eigenvalue weighted by Gasteiger charge is -2.18. The molecule has 0 aliphatic heterocycles. The van der Waals surface area contributed by atoms with Gasteiger partial charge in [-0.2, -0.15) is 13.2 Å². The number of hydrogen-bond donors (Lipinski definition) is 2. The largest absolute Gasteiger partial charge is 0.486 e. The lowest BCUT2D eigenvalue weighted by Crippen LogP contribution is -2.29. The van der Waals surface area contributed by atoms with E-state index in [0.717, 1.165) is 5.56 Å². The number of imidazole rings is 1. The van der Waals surface area contributed by atoms with Crippen molar-refractivity contribution < 1.29 is 17.9 Å². The van der Waals surface area contributed by atoms with Crippen molar-refractivity contribution in [2.75, 3.05) is 6.54 Å². The van der Waals surface area contributed by atoms with Gasteiger partial charge in [0.1, 0.15) is 17.4 Å². The molecule has 3 aromatic rings. The number of nitrogens with one attached hydrogen (secondary N) is 1. The number of nitrogens with zero attached hydrogens (tertiary/aromatic N) is 1. The average Bonchev–Trinajstić information content (AvgIpc) is 2.99. The second-order valence-corrected chi connectivity index (χ2v) is 5.98. The van der Waals surface area contributed by atoms with Crippen molar-refractivity contribution in [3.63, 3.8) is 0 Å². The first-order valence-electron chi connectivity index (χ1n) is 7.54. The minimum atomic E-state index is -4.58. The smallest absolute Gasteiger partial charge is 0.449 e. The molecule has 4 nitrogen and oxygen atoms in total. The minimum absolute atomic E-state index is 0.0724. The van der Waals surface area contributed by atoms with Gasteiger partial charge in [-0.1, -0.05) is 41.9 Å². The number of hydrogen-bond acceptors (Lipinski definition) is 3. The van der Waals surface area contributed by atoms with E-state index in [-0.39, 0.29) is 28.4 Å². The molecular formula is C17H15ClF3N3O. The Balaban J connectivity index is 1.92. The van der Waals surface area contributed by atoms with Gasteiger partial charge < -0.3 is 15.5 Å². The quantitative estimate of drug-likeness (QED) is 0.709. The number of nitrogens with two attached hydrogens (primary N) is 1. The molecule has 0 spiro atoms. The van der Waals surface area contributed by atoms with Crippen LogP contribution < -0.4 is 10.5 Å². The fourth-order valence-electron chi connectivity index (χ4n) is 2.51. The number of fused-ring (bicyclic) bond motifs is 1. The van der Waals surface area contributed by atoms with Gasteiger partial charge in [0.05, 0.1) is 5.52 Å². The van der Waals surface area contributed by atoms with Crippen LogP contribution >= 0.6 is 11.6 Å². The Bertz CT molecular complexity index is 865. The van der Waals surface area contributed by atoms with Crippen LogP contribution in [0.4, 0.5) is 13.2 Å². The predicted octanol–water partition coefficient (Wildman–Crippen LogP) is 4.18. The first-order valence-corrected chi connectivity index (χ1v) is 7.91. The van der Waals surface area contributed by atoms with Crippen LogP contribution in [0.25, 0.3) is 11.0 Å². The van der Waals surface area contributed by atoms with Gasteiger partial charge >= 0.3 is 6.18 Å². The van der Waals surface area contributed by atoms with Crippen LogP contribution in [-0.4, -0.2) is 22.6 Å². The van der Waals surface area contributed by atoms with Crippen LogP contribution in [0.15, 0.2) is 42.5 Å². The van der Waals surface area contributed by atoms with Crippen molar-refractivity contribution >= 4 is 22.6 Å². The molecule has 0 bridgehead atoms. The highest BCUT2D eigenvalue weighted by Crippen LogP contribution is 2.34. The number of aromatic amines is 1. The van der Waals surface area contributed by atoms with Crippen LogP contribution in [0.5, 0.6) is 5.75 Å². The van der Waals surface area contributed by atoms with Gasteiger partial charge in [0, 0.05) is 24.1 Å². The van der Waals surface area contributed by atoms with Gasteiger partial charge in [0.2, 0.25) is 5.82 Å². The summed E-state index contributed by atoms with van der Waals surface area (Å²) >= 11 is 5.99. The van der Waals surface area contributed by atoms with E-state index in [1.165, 1.54) is 12.1 Å². The molecule has 0 saturated carbocycles. The van der Waals surface area contributed by atoms with Crippen molar-refractivity contribution in [1.82, 2.24) is 9.97 Å². The normalized spacial score (nSPS) is 13.2. The molecule has 3 rings (SSSR count). The zero-order valence-corrected chi connectivity index (χ0v) is 13.7. The van der Waals surface area contributed by atoms with Gasteiger partial charge in [-0.25, -0.2) is 4.98 Å². The van der Waals surface area contributed by atoms with Gasteiger partial charge in [-0.05, 0) is 11.6 Å². The summed E-state index contributed by atoms with van der Waals surface area (Å²) in [5, 5.41) is 0.246. The van der Waals surface area contributed by atoms with Crippen molar-refractivity contribution in [2.45, 2.75) is 18.7 Å². The molecule has 0 aliphatic rings. The molecule has 3 N–H and O–H groups in total. The number of rotatable bonds is 5. The number of alkyl halides is 3. The second kappa shape index (κ2) is 6.93. The lowest BCUT2D eigenvalue weighted by molar-refractivity contribution is -0.144. The summed E-state index contributed by atoms with van der Waals surface area (Å²) in [4.78, 5) is 5.84. The van der Waals surface area contributed by atoms with Crippen molar-refractivity contribution in [3.8, 4) is 5.75 Å². The third kappa shape index (κ3) is 4.05. The van der Waals surface area contributed by atoms with E-state index in [9.17, 15) is 13.2 Å². The molecule has 8 heteroatoms. The molecule has 1 atom stereocenters. The summed E-state index contributed by atoms with van der Waals surface area (Å²) in [6.07, 6.45) is -4.49. The van der Waals surface area contributed by atoms with E-state index < -0.39 is 18.1 Å². The fraction of sp³-hybridized carbons (Fsp3) is 0.235. The topological polar surface area (TPSA) is 63.9 Å². The van der Waals surface area contributed by atoms with Crippen LogP contribution in [0.1, 0.15) is 11.4 Å². The summed E-state index contributed by atoms with van der Waals surface area (Å²) in [7, 11) is 0. The van der Waals surface area contributed by atoms with E-state index in [2.05, 4.69) is 9.97 Å². The van der Waals surface area contributed by atoms with E-state index >= 15 is 0 Å². The molecule has 0 fully saturated rings. The molecule has 132 valence electrons. The van der Waals surface area contributed by atoms with Crippen LogP contribution in [0.2, 0.25) is 5.02 Å². The molecule has 0 saturated heterocycles. The molecule has 0 amide bonds. The summed E-state index contributed by atoms with van der Waals surface area (Å²) in [5.41, 5.74) is 7.00. The van der Waals surface area contributed by atoms with Crippen molar-refractivity contribution in [2.24, 2.45) is 5.73 Å². The molecule has 0 radical (unpaired) electrons. The molecule has 1 unspecified atom stereocenters. The highest BCUT2D eigenvalue weighted by Gasteiger charge is 2.35. The highest BCUT2D eigenvalue weighted by atomic mass is 35.5. The summed E-state index contributed by atoms with van der Waals surface area (Å²) in [6.45, 7) is 0.194. The number of ether oxygens (including phenoxy) is 1. The SMILES string of the molecule is NCC(Cc1ccccc1)Oc1cc(Cl)cc2[nH]c(C(F)(F)F)nc12. The van der Waals surface area contributed by atoms with E-state index in [1.54, 1.807) is 0 Å². The monoisotopic (exact) mass is 369 g/mol. The standard InChI is InChI=1S/C17H15ClF3N3O/c18-11-7-13-15(24-16(23-13)17(19,20)21)14(8-11)25-12(9-22)6-10-4-2-1-3-5-10/h1-5,7-8,12H,6,9,22H2,(H,23,24). The molecule has 25 heavy (non-hydrogen) atoms. The van der Waals surface area contributed by atoms with Crippen LogP contribution in [0.3, 0.4) is 0 Å². The van der Waals surface area contributed by atoms with Gasteiger partial charge in [-0.3, -0.25) is 0 Å². The Kier molecular flexibility index (Phi) is 4.87. The average molecular weight is 370 g/mol.